The van der Waals surface area contributed by atoms with Gasteiger partial charge in [-0.05, 0) is 37.5 Å². The van der Waals surface area contributed by atoms with E-state index in [0.717, 1.165) is 37.7 Å². The van der Waals surface area contributed by atoms with Crippen molar-refractivity contribution in [3.05, 3.63) is 29.3 Å². The van der Waals surface area contributed by atoms with Crippen molar-refractivity contribution in [3.8, 4) is 0 Å². The van der Waals surface area contributed by atoms with E-state index in [-0.39, 0.29) is 11.9 Å². The second-order valence-electron chi connectivity index (χ2n) is 5.36. The number of nitrogen functional groups attached to an aromatic ring is 1. The molecule has 0 bridgehead atoms. The molecule has 1 fully saturated rings. The highest BCUT2D eigenvalue weighted by molar-refractivity contribution is 5.96. The third kappa shape index (κ3) is 3.47. The highest BCUT2D eigenvalue weighted by Crippen LogP contribution is 2.19. The molecule has 2 atom stereocenters. The zero-order valence-corrected chi connectivity index (χ0v) is 11.4. The maximum atomic E-state index is 12.3. The summed E-state index contributed by atoms with van der Waals surface area (Å²) in [6, 6.07) is 5.17. The molecule has 1 amide bonds. The number of carbonyl (C=O) groups is 1. The summed E-state index contributed by atoms with van der Waals surface area (Å²) in [6.45, 7) is 1.89. The van der Waals surface area contributed by atoms with Crippen LogP contribution in [-0.4, -0.2) is 23.2 Å². The second kappa shape index (κ2) is 6.06. The third-order valence-electron chi connectivity index (χ3n) is 3.80. The Morgan fingerprint density at radius 3 is 2.84 bits per heavy atom. The minimum Gasteiger partial charge on any atom is -0.399 e. The maximum Gasteiger partial charge on any atom is 0.251 e. The molecule has 1 aliphatic rings. The Labute approximate surface area is 114 Å². The number of nitrogens with two attached hydrogens (primary N) is 1. The standard InChI is InChI=1S/C15H22N2O2/c1-10-7-8-11(16)9-12(10)15(19)17-13-5-3-2-4-6-14(13)18/h7-9,13-14,18H,2-6,16H2,1H3,(H,17,19). The molecular formula is C15H22N2O2. The minimum absolute atomic E-state index is 0.143. The van der Waals surface area contributed by atoms with Crippen molar-refractivity contribution in [3.63, 3.8) is 0 Å². The topological polar surface area (TPSA) is 75.4 Å². The van der Waals surface area contributed by atoms with Crippen molar-refractivity contribution in [1.82, 2.24) is 5.32 Å². The fourth-order valence-electron chi connectivity index (χ4n) is 2.59. The minimum atomic E-state index is -0.437. The molecule has 2 unspecified atom stereocenters. The largest absolute Gasteiger partial charge is 0.399 e. The SMILES string of the molecule is Cc1ccc(N)cc1C(=O)NC1CCCCCC1O. The summed E-state index contributed by atoms with van der Waals surface area (Å²) in [7, 11) is 0. The number of amides is 1. The fourth-order valence-corrected chi connectivity index (χ4v) is 2.59. The molecule has 1 aromatic carbocycles. The molecule has 2 rings (SSSR count). The Morgan fingerprint density at radius 1 is 1.32 bits per heavy atom. The first-order valence-corrected chi connectivity index (χ1v) is 6.93. The quantitative estimate of drug-likeness (QED) is 0.563. The van der Waals surface area contributed by atoms with Crippen LogP contribution in [0.2, 0.25) is 0 Å². The van der Waals surface area contributed by atoms with Crippen molar-refractivity contribution in [2.45, 2.75) is 51.2 Å². The Hall–Kier alpha value is -1.55. The van der Waals surface area contributed by atoms with Crippen LogP contribution in [0.4, 0.5) is 5.69 Å². The van der Waals surface area contributed by atoms with Gasteiger partial charge in [-0.25, -0.2) is 0 Å². The van der Waals surface area contributed by atoms with E-state index in [1.807, 2.05) is 13.0 Å². The Bertz CT molecular complexity index is 459. The van der Waals surface area contributed by atoms with Crippen molar-refractivity contribution in [1.29, 1.82) is 0 Å². The summed E-state index contributed by atoms with van der Waals surface area (Å²) in [5, 5.41) is 13.0. The lowest BCUT2D eigenvalue weighted by Gasteiger charge is -2.22. The molecule has 1 aromatic rings. The Balaban J connectivity index is 2.09. The van der Waals surface area contributed by atoms with E-state index < -0.39 is 6.10 Å². The number of carbonyl (C=O) groups excluding carboxylic acids is 1. The van der Waals surface area contributed by atoms with Crippen LogP contribution in [0, 0.1) is 6.92 Å². The van der Waals surface area contributed by atoms with Crippen LogP contribution in [0.3, 0.4) is 0 Å². The average molecular weight is 262 g/mol. The molecule has 0 spiro atoms. The van der Waals surface area contributed by atoms with Crippen LogP contribution in [-0.2, 0) is 0 Å². The van der Waals surface area contributed by atoms with E-state index in [2.05, 4.69) is 5.32 Å². The van der Waals surface area contributed by atoms with Gasteiger partial charge in [-0.1, -0.05) is 25.3 Å². The Kier molecular flexibility index (Phi) is 4.43. The van der Waals surface area contributed by atoms with Crippen LogP contribution in [0.5, 0.6) is 0 Å². The molecule has 0 radical (unpaired) electrons. The molecule has 19 heavy (non-hydrogen) atoms. The van der Waals surface area contributed by atoms with Gasteiger partial charge in [-0.2, -0.15) is 0 Å². The predicted molar refractivity (Wildman–Crippen MR) is 75.9 cm³/mol. The molecule has 0 aliphatic heterocycles. The number of aliphatic hydroxyl groups excluding tert-OH is 1. The van der Waals surface area contributed by atoms with Gasteiger partial charge in [0, 0.05) is 11.3 Å². The molecule has 1 aliphatic carbocycles. The van der Waals surface area contributed by atoms with Crippen molar-refractivity contribution < 1.29 is 9.90 Å². The first kappa shape index (κ1) is 13.9. The van der Waals surface area contributed by atoms with E-state index in [0.29, 0.717) is 11.3 Å². The zero-order chi connectivity index (χ0) is 13.8. The summed E-state index contributed by atoms with van der Waals surface area (Å²) in [5.74, 6) is -0.143. The monoisotopic (exact) mass is 262 g/mol. The lowest BCUT2D eigenvalue weighted by atomic mass is 10.0. The molecule has 4 nitrogen and oxygen atoms in total. The molecule has 104 valence electrons. The number of rotatable bonds is 2. The summed E-state index contributed by atoms with van der Waals surface area (Å²) in [5.41, 5.74) is 7.79. The Morgan fingerprint density at radius 2 is 2.05 bits per heavy atom. The van der Waals surface area contributed by atoms with Crippen LogP contribution >= 0.6 is 0 Å². The zero-order valence-electron chi connectivity index (χ0n) is 11.4. The van der Waals surface area contributed by atoms with Gasteiger partial charge in [-0.15, -0.1) is 0 Å². The molecule has 4 N–H and O–H groups in total. The molecular weight excluding hydrogens is 240 g/mol. The van der Waals surface area contributed by atoms with E-state index >= 15 is 0 Å². The summed E-state index contributed by atoms with van der Waals surface area (Å²) >= 11 is 0. The number of benzene rings is 1. The normalized spacial score (nSPS) is 23.7. The van der Waals surface area contributed by atoms with Crippen molar-refractivity contribution >= 4 is 11.6 Å². The van der Waals surface area contributed by atoms with Crippen LogP contribution < -0.4 is 11.1 Å². The van der Waals surface area contributed by atoms with E-state index in [1.54, 1.807) is 12.1 Å². The fraction of sp³-hybridized carbons (Fsp3) is 0.533. The summed E-state index contributed by atoms with van der Waals surface area (Å²) < 4.78 is 0. The lowest BCUT2D eigenvalue weighted by Crippen LogP contribution is -2.42. The van der Waals surface area contributed by atoms with Gasteiger partial charge in [0.15, 0.2) is 0 Å². The highest BCUT2D eigenvalue weighted by atomic mass is 16.3. The molecule has 4 heteroatoms. The van der Waals surface area contributed by atoms with Gasteiger partial charge in [0.05, 0.1) is 12.1 Å². The number of anilines is 1. The van der Waals surface area contributed by atoms with Gasteiger partial charge >= 0.3 is 0 Å². The summed E-state index contributed by atoms with van der Waals surface area (Å²) in [6.07, 6.45) is 4.38. The van der Waals surface area contributed by atoms with E-state index in [9.17, 15) is 9.90 Å². The molecule has 0 saturated heterocycles. The van der Waals surface area contributed by atoms with E-state index in [1.165, 1.54) is 0 Å². The van der Waals surface area contributed by atoms with Gasteiger partial charge in [-0.3, -0.25) is 4.79 Å². The first-order valence-electron chi connectivity index (χ1n) is 6.93. The molecule has 1 saturated carbocycles. The van der Waals surface area contributed by atoms with Gasteiger partial charge < -0.3 is 16.2 Å². The highest BCUT2D eigenvalue weighted by Gasteiger charge is 2.24. The smallest absolute Gasteiger partial charge is 0.251 e. The van der Waals surface area contributed by atoms with Gasteiger partial charge in [0.25, 0.3) is 5.91 Å². The summed E-state index contributed by atoms with van der Waals surface area (Å²) in [4.78, 5) is 12.3. The first-order chi connectivity index (χ1) is 9.08. The number of hydrogen-bond donors (Lipinski definition) is 3. The number of aliphatic hydroxyl groups is 1. The number of aryl methyl sites for hydroxylation is 1. The van der Waals surface area contributed by atoms with Crippen molar-refractivity contribution in [2.24, 2.45) is 0 Å². The van der Waals surface area contributed by atoms with Crippen molar-refractivity contribution in [2.75, 3.05) is 5.73 Å². The van der Waals surface area contributed by atoms with Crippen LogP contribution in [0.25, 0.3) is 0 Å². The molecule has 0 heterocycles. The predicted octanol–water partition coefficient (Wildman–Crippen LogP) is 2.00. The van der Waals surface area contributed by atoms with E-state index in [4.69, 9.17) is 5.73 Å². The second-order valence-corrected chi connectivity index (χ2v) is 5.36. The van der Waals surface area contributed by atoms with Crippen LogP contribution in [0.1, 0.15) is 48.0 Å². The number of hydrogen-bond acceptors (Lipinski definition) is 3. The third-order valence-corrected chi connectivity index (χ3v) is 3.80. The maximum absolute atomic E-state index is 12.3. The lowest BCUT2D eigenvalue weighted by molar-refractivity contribution is 0.0818. The van der Waals surface area contributed by atoms with Gasteiger partial charge in [0.2, 0.25) is 0 Å². The average Bonchev–Trinajstić information content (AvgIpc) is 2.58. The number of nitrogens with one attached hydrogen (secondary N) is 1. The van der Waals surface area contributed by atoms with Crippen LogP contribution in [0.15, 0.2) is 18.2 Å². The molecule has 0 aromatic heterocycles. The van der Waals surface area contributed by atoms with Gasteiger partial charge in [0.1, 0.15) is 0 Å².